The van der Waals surface area contributed by atoms with Crippen LogP contribution in [0.1, 0.15) is 33.9 Å². The van der Waals surface area contributed by atoms with Gasteiger partial charge in [-0.2, -0.15) is 4.31 Å². The molecule has 1 heterocycles. The largest absolute Gasteiger partial charge is 0.294 e. The molecule has 0 aromatic heterocycles. The molecule has 6 heteroatoms. The average molecular weight is 348 g/mol. The number of Topliss-reactive ketones (excluding diaryl/α,β-unsaturated/α-hetero) is 1. The Kier molecular flexibility index (Phi) is 3.34. The van der Waals surface area contributed by atoms with Gasteiger partial charge in [-0.1, -0.05) is 29.8 Å². The minimum atomic E-state index is -3.65. The Labute approximate surface area is 139 Å². The molecule has 1 aliphatic heterocycles. The van der Waals surface area contributed by atoms with Crippen LogP contribution in [0.4, 0.5) is 0 Å². The maximum atomic E-state index is 13.0. The lowest BCUT2D eigenvalue weighted by atomic mass is 9.95. The molecule has 0 radical (unpaired) electrons. The number of hydrogen-bond acceptors (Lipinski definition) is 3. The topological polar surface area (TPSA) is 54.5 Å². The third-order valence-electron chi connectivity index (χ3n) is 4.58. The molecule has 2 aliphatic rings. The van der Waals surface area contributed by atoms with E-state index in [4.69, 9.17) is 11.6 Å². The van der Waals surface area contributed by atoms with E-state index in [9.17, 15) is 13.2 Å². The van der Waals surface area contributed by atoms with Gasteiger partial charge in [0.25, 0.3) is 0 Å². The smallest absolute Gasteiger partial charge is 0.243 e. The summed E-state index contributed by atoms with van der Waals surface area (Å²) in [4.78, 5) is 12.4. The van der Waals surface area contributed by atoms with Gasteiger partial charge in [-0.05, 0) is 41.8 Å². The molecule has 1 atom stereocenters. The molecule has 23 heavy (non-hydrogen) atoms. The van der Waals surface area contributed by atoms with Crippen LogP contribution in [-0.2, 0) is 16.4 Å². The van der Waals surface area contributed by atoms with E-state index in [0.717, 1.165) is 11.1 Å². The van der Waals surface area contributed by atoms with Gasteiger partial charge in [0.15, 0.2) is 5.78 Å². The van der Waals surface area contributed by atoms with Crippen LogP contribution in [0.25, 0.3) is 0 Å². The Morgan fingerprint density at radius 1 is 1.09 bits per heavy atom. The van der Waals surface area contributed by atoms with E-state index < -0.39 is 10.0 Å². The third-order valence-corrected chi connectivity index (χ3v) is 6.75. The number of hydrogen-bond donors (Lipinski definition) is 0. The molecule has 0 saturated carbocycles. The monoisotopic (exact) mass is 347 g/mol. The molecule has 0 N–H and O–H groups in total. The van der Waals surface area contributed by atoms with Crippen LogP contribution in [0.3, 0.4) is 0 Å². The van der Waals surface area contributed by atoms with Crippen LogP contribution in [0.5, 0.6) is 0 Å². The molecule has 118 valence electrons. The standard InChI is InChI=1S/C17H14ClNO3S/c18-12-4-6-13(7-5-12)23(21,22)19-9-8-11-2-1-3-14-16(20)10-15(19)17(11)14/h1-7,15H,8-10H2/t15-/m1/s1. The summed E-state index contributed by atoms with van der Waals surface area (Å²) in [6.07, 6.45) is 0.846. The molecule has 1 aliphatic carbocycles. The predicted molar refractivity (Wildman–Crippen MR) is 87.2 cm³/mol. The molecule has 0 spiro atoms. The van der Waals surface area contributed by atoms with Crippen molar-refractivity contribution in [3.05, 3.63) is 64.2 Å². The van der Waals surface area contributed by atoms with Gasteiger partial charge in [0.2, 0.25) is 10.0 Å². The van der Waals surface area contributed by atoms with Crippen LogP contribution in [0.2, 0.25) is 5.02 Å². The van der Waals surface area contributed by atoms with Crippen molar-refractivity contribution in [2.75, 3.05) is 6.54 Å². The van der Waals surface area contributed by atoms with E-state index in [0.29, 0.717) is 23.6 Å². The first kappa shape index (κ1) is 14.9. The third kappa shape index (κ3) is 2.23. The van der Waals surface area contributed by atoms with Crippen molar-refractivity contribution >= 4 is 27.4 Å². The Morgan fingerprint density at radius 3 is 2.57 bits per heavy atom. The highest BCUT2D eigenvalue weighted by Crippen LogP contribution is 2.43. The van der Waals surface area contributed by atoms with Crippen LogP contribution in [-0.4, -0.2) is 25.1 Å². The molecule has 2 aromatic carbocycles. The van der Waals surface area contributed by atoms with Crippen LogP contribution in [0, 0.1) is 0 Å². The number of halogens is 1. The van der Waals surface area contributed by atoms with Crippen molar-refractivity contribution in [3.63, 3.8) is 0 Å². The van der Waals surface area contributed by atoms with E-state index in [2.05, 4.69) is 0 Å². The van der Waals surface area contributed by atoms with Crippen LogP contribution in [0.15, 0.2) is 47.4 Å². The lowest BCUT2D eigenvalue weighted by molar-refractivity contribution is 0.0975. The second-order valence-electron chi connectivity index (χ2n) is 5.84. The molecule has 2 aromatic rings. The molecular weight excluding hydrogens is 334 g/mol. The van der Waals surface area contributed by atoms with Crippen LogP contribution >= 0.6 is 11.6 Å². The number of rotatable bonds is 2. The number of benzene rings is 2. The van der Waals surface area contributed by atoms with Crippen molar-refractivity contribution in [2.24, 2.45) is 0 Å². The zero-order chi connectivity index (χ0) is 16.2. The summed E-state index contributed by atoms with van der Waals surface area (Å²) in [7, 11) is -3.65. The van der Waals surface area contributed by atoms with E-state index in [-0.39, 0.29) is 23.1 Å². The summed E-state index contributed by atoms with van der Waals surface area (Å²) >= 11 is 5.84. The van der Waals surface area contributed by atoms with E-state index in [1.807, 2.05) is 12.1 Å². The van der Waals surface area contributed by atoms with Gasteiger partial charge in [0.05, 0.1) is 10.9 Å². The zero-order valence-corrected chi connectivity index (χ0v) is 13.8. The summed E-state index contributed by atoms with van der Waals surface area (Å²) in [6.45, 7) is 0.388. The molecular formula is C17H14ClNO3S. The van der Waals surface area contributed by atoms with Gasteiger partial charge in [-0.15, -0.1) is 0 Å². The van der Waals surface area contributed by atoms with Gasteiger partial charge in [-0.25, -0.2) is 8.42 Å². The van der Waals surface area contributed by atoms with E-state index in [1.54, 1.807) is 18.2 Å². The molecule has 0 saturated heterocycles. The van der Waals surface area contributed by atoms with Crippen molar-refractivity contribution in [3.8, 4) is 0 Å². The van der Waals surface area contributed by atoms with Gasteiger partial charge < -0.3 is 0 Å². The number of ketones is 1. The quantitative estimate of drug-likeness (QED) is 0.838. The lowest BCUT2D eigenvalue weighted by Gasteiger charge is -2.33. The zero-order valence-electron chi connectivity index (χ0n) is 12.2. The molecule has 0 unspecified atom stereocenters. The molecule has 4 rings (SSSR count). The number of sulfonamides is 1. The average Bonchev–Trinajstić information content (AvgIpc) is 2.87. The highest BCUT2D eigenvalue weighted by molar-refractivity contribution is 7.89. The fourth-order valence-corrected chi connectivity index (χ4v) is 5.24. The van der Waals surface area contributed by atoms with Crippen molar-refractivity contribution < 1.29 is 13.2 Å². The maximum absolute atomic E-state index is 13.0. The summed E-state index contributed by atoms with van der Waals surface area (Å²) < 4.78 is 27.4. The van der Waals surface area contributed by atoms with Crippen molar-refractivity contribution in [1.82, 2.24) is 4.31 Å². The Hall–Kier alpha value is -1.69. The van der Waals surface area contributed by atoms with Crippen molar-refractivity contribution in [1.29, 1.82) is 0 Å². The SMILES string of the molecule is O=C1C[C@@H]2c3c(cccc31)CCN2S(=O)(=O)c1ccc(Cl)cc1. The second kappa shape index (κ2) is 5.16. The number of carbonyl (C=O) groups excluding carboxylic acids is 1. The number of nitrogens with zero attached hydrogens (tertiary/aromatic N) is 1. The van der Waals surface area contributed by atoms with E-state index in [1.165, 1.54) is 16.4 Å². The minimum absolute atomic E-state index is 0.0186. The second-order valence-corrected chi connectivity index (χ2v) is 8.17. The van der Waals surface area contributed by atoms with Gasteiger partial charge >= 0.3 is 0 Å². The fraction of sp³-hybridized carbons (Fsp3) is 0.235. The minimum Gasteiger partial charge on any atom is -0.294 e. The maximum Gasteiger partial charge on any atom is 0.243 e. The molecule has 0 fully saturated rings. The fourth-order valence-electron chi connectivity index (χ4n) is 3.52. The first-order chi connectivity index (χ1) is 11.0. The Balaban J connectivity index is 1.80. The summed E-state index contributed by atoms with van der Waals surface area (Å²) in [5.41, 5.74) is 2.64. The predicted octanol–water partition coefficient (Wildman–Crippen LogP) is 3.21. The number of carbonyl (C=O) groups is 1. The van der Waals surface area contributed by atoms with Gasteiger partial charge in [0, 0.05) is 23.6 Å². The first-order valence-corrected chi connectivity index (χ1v) is 9.23. The summed E-state index contributed by atoms with van der Waals surface area (Å²) in [5.74, 6) is 0.0186. The first-order valence-electron chi connectivity index (χ1n) is 7.41. The summed E-state index contributed by atoms with van der Waals surface area (Å²) in [6, 6.07) is 11.4. The van der Waals surface area contributed by atoms with Crippen molar-refractivity contribution in [2.45, 2.75) is 23.8 Å². The molecule has 0 amide bonds. The normalized spacial score (nSPS) is 20.6. The highest BCUT2D eigenvalue weighted by Gasteiger charge is 2.43. The van der Waals surface area contributed by atoms with Gasteiger partial charge in [-0.3, -0.25) is 4.79 Å². The highest BCUT2D eigenvalue weighted by atomic mass is 35.5. The van der Waals surface area contributed by atoms with E-state index >= 15 is 0 Å². The Bertz CT molecular complexity index is 906. The van der Waals surface area contributed by atoms with Gasteiger partial charge in [0.1, 0.15) is 0 Å². The molecule has 0 bridgehead atoms. The lowest BCUT2D eigenvalue weighted by Crippen LogP contribution is -2.39. The summed E-state index contributed by atoms with van der Waals surface area (Å²) in [5, 5.41) is 0.492. The molecule has 4 nitrogen and oxygen atoms in total. The Morgan fingerprint density at radius 2 is 1.83 bits per heavy atom. The van der Waals surface area contributed by atoms with Crippen LogP contribution < -0.4 is 0 Å².